The molecule has 2 heterocycles. The predicted molar refractivity (Wildman–Crippen MR) is 55.0 cm³/mol. The summed E-state index contributed by atoms with van der Waals surface area (Å²) < 4.78 is 1.65. The molecule has 0 fully saturated rings. The fraction of sp³-hybridized carbons (Fsp3) is 0.100. The number of pyridine rings is 1. The lowest BCUT2D eigenvalue weighted by Crippen LogP contribution is -2.16. The van der Waals surface area contributed by atoms with Gasteiger partial charge in [-0.2, -0.15) is 11.3 Å². The van der Waals surface area contributed by atoms with Crippen LogP contribution in [0, 0.1) is 0 Å². The van der Waals surface area contributed by atoms with E-state index in [-0.39, 0.29) is 5.56 Å². The maximum atomic E-state index is 11.3. The smallest absolute Gasteiger partial charge is 0.250 e. The summed E-state index contributed by atoms with van der Waals surface area (Å²) >= 11 is 1.63. The Morgan fingerprint density at radius 1 is 1.31 bits per heavy atom. The minimum Gasteiger partial charge on any atom is -0.311 e. The molecule has 0 N–H and O–H groups in total. The highest BCUT2D eigenvalue weighted by molar-refractivity contribution is 7.08. The number of thiophene rings is 1. The lowest BCUT2D eigenvalue weighted by atomic mass is 10.2. The fourth-order valence-electron chi connectivity index (χ4n) is 1.26. The first kappa shape index (κ1) is 8.26. The van der Waals surface area contributed by atoms with E-state index in [0.717, 1.165) is 11.3 Å². The average molecular weight is 191 g/mol. The monoisotopic (exact) mass is 191 g/mol. The van der Waals surface area contributed by atoms with Crippen molar-refractivity contribution in [1.82, 2.24) is 4.57 Å². The highest BCUT2D eigenvalue weighted by Gasteiger charge is 2.01. The molecule has 3 heteroatoms. The van der Waals surface area contributed by atoms with Gasteiger partial charge in [0.05, 0.1) is 5.69 Å². The van der Waals surface area contributed by atoms with Crippen molar-refractivity contribution >= 4 is 11.3 Å². The molecule has 0 aliphatic carbocycles. The van der Waals surface area contributed by atoms with Crippen LogP contribution in [0.5, 0.6) is 0 Å². The molecule has 0 bridgehead atoms. The fourth-order valence-corrected chi connectivity index (χ4v) is 1.91. The zero-order valence-corrected chi connectivity index (χ0v) is 8.04. The van der Waals surface area contributed by atoms with Crippen LogP contribution in [0.4, 0.5) is 0 Å². The second kappa shape index (κ2) is 3.18. The number of nitrogens with zero attached hydrogens (tertiary/aromatic N) is 1. The molecule has 2 nitrogen and oxygen atoms in total. The summed E-state index contributed by atoms with van der Waals surface area (Å²) in [5.41, 5.74) is 2.10. The topological polar surface area (TPSA) is 22.0 Å². The summed E-state index contributed by atoms with van der Waals surface area (Å²) in [5, 5.41) is 4.04. The quantitative estimate of drug-likeness (QED) is 0.676. The van der Waals surface area contributed by atoms with E-state index in [2.05, 4.69) is 0 Å². The first-order valence-corrected chi connectivity index (χ1v) is 4.92. The summed E-state index contributed by atoms with van der Waals surface area (Å²) in [6, 6.07) is 7.31. The van der Waals surface area contributed by atoms with Gasteiger partial charge in [-0.05, 0) is 17.5 Å². The van der Waals surface area contributed by atoms with Gasteiger partial charge in [-0.15, -0.1) is 0 Å². The Kier molecular flexibility index (Phi) is 2.02. The molecule has 0 aromatic carbocycles. The molecule has 2 rings (SSSR count). The lowest BCUT2D eigenvalue weighted by Gasteiger charge is -2.04. The predicted octanol–water partition coefficient (Wildman–Crippen LogP) is 2.11. The zero-order chi connectivity index (χ0) is 9.26. The van der Waals surface area contributed by atoms with Crippen LogP contribution >= 0.6 is 11.3 Å². The van der Waals surface area contributed by atoms with Gasteiger partial charge in [0, 0.05) is 24.1 Å². The van der Waals surface area contributed by atoms with E-state index in [1.54, 1.807) is 35.1 Å². The normalized spacial score (nSPS) is 10.2. The molecule has 2 aromatic heterocycles. The Balaban J connectivity index is 2.66. The molecule has 0 aliphatic heterocycles. The minimum atomic E-state index is 0.0312. The Morgan fingerprint density at radius 2 is 2.15 bits per heavy atom. The van der Waals surface area contributed by atoms with Gasteiger partial charge in [0.2, 0.25) is 0 Å². The molecule has 13 heavy (non-hydrogen) atoms. The number of hydrogen-bond acceptors (Lipinski definition) is 2. The van der Waals surface area contributed by atoms with E-state index in [4.69, 9.17) is 0 Å². The van der Waals surface area contributed by atoms with Gasteiger partial charge in [0.1, 0.15) is 0 Å². The summed E-state index contributed by atoms with van der Waals surface area (Å²) in [7, 11) is 1.79. The molecule has 0 saturated heterocycles. The van der Waals surface area contributed by atoms with Gasteiger partial charge in [-0.3, -0.25) is 4.79 Å². The molecule has 0 spiro atoms. The van der Waals surface area contributed by atoms with Crippen molar-refractivity contribution in [2.75, 3.05) is 0 Å². The molecule has 0 radical (unpaired) electrons. The summed E-state index contributed by atoms with van der Waals surface area (Å²) in [6.45, 7) is 0. The van der Waals surface area contributed by atoms with Crippen molar-refractivity contribution in [3.8, 4) is 11.3 Å². The first-order chi connectivity index (χ1) is 6.29. The van der Waals surface area contributed by atoms with E-state index in [9.17, 15) is 4.79 Å². The van der Waals surface area contributed by atoms with Crippen LogP contribution < -0.4 is 5.56 Å². The average Bonchev–Trinajstić information content (AvgIpc) is 2.62. The lowest BCUT2D eigenvalue weighted by molar-refractivity contribution is 0.871. The van der Waals surface area contributed by atoms with Crippen molar-refractivity contribution in [1.29, 1.82) is 0 Å². The van der Waals surface area contributed by atoms with Gasteiger partial charge < -0.3 is 4.57 Å². The number of hydrogen-bond donors (Lipinski definition) is 0. The third-order valence-corrected chi connectivity index (χ3v) is 2.69. The molecule has 0 saturated carbocycles. The molecule has 66 valence electrons. The second-order valence-corrected chi connectivity index (χ2v) is 3.60. The highest BCUT2D eigenvalue weighted by Crippen LogP contribution is 2.19. The number of rotatable bonds is 1. The van der Waals surface area contributed by atoms with Crippen molar-refractivity contribution in [2.24, 2.45) is 7.05 Å². The third kappa shape index (κ3) is 1.42. The van der Waals surface area contributed by atoms with Gasteiger partial charge >= 0.3 is 0 Å². The van der Waals surface area contributed by atoms with Crippen molar-refractivity contribution < 1.29 is 0 Å². The van der Waals surface area contributed by atoms with E-state index in [1.165, 1.54) is 0 Å². The van der Waals surface area contributed by atoms with Crippen LogP contribution in [0.1, 0.15) is 0 Å². The van der Waals surface area contributed by atoms with Crippen LogP contribution in [-0.2, 0) is 7.05 Å². The number of aromatic nitrogens is 1. The van der Waals surface area contributed by atoms with E-state index >= 15 is 0 Å². The maximum Gasteiger partial charge on any atom is 0.250 e. The van der Waals surface area contributed by atoms with E-state index in [1.807, 2.05) is 22.9 Å². The van der Waals surface area contributed by atoms with E-state index in [0.29, 0.717) is 0 Å². The summed E-state index contributed by atoms with van der Waals surface area (Å²) in [6.07, 6.45) is 0. The molecule has 0 aliphatic rings. The van der Waals surface area contributed by atoms with Crippen molar-refractivity contribution in [3.63, 3.8) is 0 Å². The SMILES string of the molecule is Cn1c(-c2ccsc2)cccc1=O. The highest BCUT2D eigenvalue weighted by atomic mass is 32.1. The Bertz CT molecular complexity index is 456. The van der Waals surface area contributed by atoms with Gasteiger partial charge in [-0.1, -0.05) is 6.07 Å². The molecule has 0 amide bonds. The Labute approximate surface area is 80.1 Å². The van der Waals surface area contributed by atoms with Crippen LogP contribution in [0.25, 0.3) is 11.3 Å². The largest absolute Gasteiger partial charge is 0.311 e. The molecular weight excluding hydrogens is 182 g/mol. The molecular formula is C10H9NOS. The van der Waals surface area contributed by atoms with Gasteiger partial charge in [-0.25, -0.2) is 0 Å². The summed E-state index contributed by atoms with van der Waals surface area (Å²) in [5.74, 6) is 0. The molecule has 0 atom stereocenters. The van der Waals surface area contributed by atoms with Crippen LogP contribution in [0.3, 0.4) is 0 Å². The Hall–Kier alpha value is -1.35. The van der Waals surface area contributed by atoms with Crippen molar-refractivity contribution in [2.45, 2.75) is 0 Å². The second-order valence-electron chi connectivity index (χ2n) is 2.82. The third-order valence-electron chi connectivity index (χ3n) is 2.00. The van der Waals surface area contributed by atoms with Crippen molar-refractivity contribution in [3.05, 3.63) is 45.4 Å². The Morgan fingerprint density at radius 3 is 2.85 bits per heavy atom. The molecule has 0 unspecified atom stereocenters. The molecule has 2 aromatic rings. The van der Waals surface area contributed by atoms with Gasteiger partial charge in [0.25, 0.3) is 5.56 Å². The maximum absolute atomic E-state index is 11.3. The van der Waals surface area contributed by atoms with E-state index < -0.39 is 0 Å². The van der Waals surface area contributed by atoms with Crippen LogP contribution in [0.15, 0.2) is 39.8 Å². The zero-order valence-electron chi connectivity index (χ0n) is 7.23. The van der Waals surface area contributed by atoms with Crippen LogP contribution in [-0.4, -0.2) is 4.57 Å². The van der Waals surface area contributed by atoms with Gasteiger partial charge in [0.15, 0.2) is 0 Å². The minimum absolute atomic E-state index is 0.0312. The first-order valence-electron chi connectivity index (χ1n) is 3.97. The standard InChI is InChI=1S/C10H9NOS/c1-11-9(3-2-4-10(11)12)8-5-6-13-7-8/h2-7H,1H3. The summed E-state index contributed by atoms with van der Waals surface area (Å²) in [4.78, 5) is 11.3. The van der Waals surface area contributed by atoms with Crippen LogP contribution in [0.2, 0.25) is 0 Å².